The van der Waals surface area contributed by atoms with Crippen molar-refractivity contribution in [2.24, 2.45) is 0 Å². The van der Waals surface area contributed by atoms with Gasteiger partial charge in [0.15, 0.2) is 6.61 Å². The molecule has 2 heterocycles. The molecule has 1 fully saturated rings. The van der Waals surface area contributed by atoms with Gasteiger partial charge in [0.25, 0.3) is 5.91 Å². The molecule has 0 unspecified atom stereocenters. The summed E-state index contributed by atoms with van der Waals surface area (Å²) in [6.45, 7) is 3.53. The number of esters is 1. The topological polar surface area (TPSA) is 88.8 Å². The monoisotopic (exact) mass is 340 g/mol. The van der Waals surface area contributed by atoms with Crippen LogP contribution in [0, 0.1) is 0 Å². The molecule has 0 aliphatic carbocycles. The largest absolute Gasteiger partial charge is 0.466 e. The number of nitrogens with one attached hydrogen (secondary N) is 1. The van der Waals surface area contributed by atoms with Crippen LogP contribution in [0.15, 0.2) is 22.8 Å². The highest BCUT2D eigenvalue weighted by atomic mass is 32.2. The molecule has 1 aliphatic rings. The molecule has 0 spiro atoms. The Balaban J connectivity index is 1.97. The Hall–Kier alpha value is -1.96. The third-order valence-corrected chi connectivity index (χ3v) is 4.62. The molecule has 2 amide bonds. The van der Waals surface area contributed by atoms with E-state index in [1.54, 1.807) is 12.1 Å². The second-order valence-corrected chi connectivity index (χ2v) is 6.21. The van der Waals surface area contributed by atoms with Crippen LogP contribution in [0.1, 0.15) is 31.4 Å². The maximum Gasteiger partial charge on any atom is 0.330 e. The van der Waals surface area contributed by atoms with Gasteiger partial charge in [0.1, 0.15) is 17.2 Å². The lowest BCUT2D eigenvalue weighted by Gasteiger charge is -2.25. The first-order chi connectivity index (χ1) is 11.0. The standard InChI is InChI=1S/C15H20N2O5S/c1-3-6-16-13(19)8-22-15(20)11-9-23-14(17(11)10(2)18)12-5-4-7-21-12/h4-5,7,11,14H,3,6,8-9H2,1-2H3,(H,16,19)/t11-,14+/m1/s1. The van der Waals surface area contributed by atoms with E-state index in [0.29, 0.717) is 18.1 Å². The molecular formula is C15H20N2O5S. The van der Waals surface area contributed by atoms with Crippen molar-refractivity contribution < 1.29 is 23.5 Å². The van der Waals surface area contributed by atoms with Gasteiger partial charge in [0, 0.05) is 19.2 Å². The summed E-state index contributed by atoms with van der Waals surface area (Å²) >= 11 is 1.43. The SMILES string of the molecule is CCCNC(=O)COC(=O)[C@H]1CS[C@@H](c2ccco2)N1C(C)=O. The summed E-state index contributed by atoms with van der Waals surface area (Å²) in [5, 5.41) is 2.27. The maximum absolute atomic E-state index is 12.2. The van der Waals surface area contributed by atoms with Gasteiger partial charge in [-0.3, -0.25) is 9.59 Å². The van der Waals surface area contributed by atoms with Crippen LogP contribution >= 0.6 is 11.8 Å². The van der Waals surface area contributed by atoms with Crippen molar-refractivity contribution in [1.29, 1.82) is 0 Å². The van der Waals surface area contributed by atoms with E-state index < -0.39 is 12.0 Å². The zero-order valence-electron chi connectivity index (χ0n) is 13.1. The predicted molar refractivity (Wildman–Crippen MR) is 84.5 cm³/mol. The van der Waals surface area contributed by atoms with Gasteiger partial charge in [0.05, 0.1) is 6.26 Å². The molecule has 1 N–H and O–H groups in total. The number of nitrogens with zero attached hydrogens (tertiary/aromatic N) is 1. The third-order valence-electron chi connectivity index (χ3n) is 3.34. The molecule has 1 aromatic heterocycles. The molecule has 1 aromatic rings. The number of amides is 2. The van der Waals surface area contributed by atoms with E-state index in [9.17, 15) is 14.4 Å². The van der Waals surface area contributed by atoms with Gasteiger partial charge >= 0.3 is 5.97 Å². The summed E-state index contributed by atoms with van der Waals surface area (Å²) < 4.78 is 10.4. The van der Waals surface area contributed by atoms with Crippen molar-refractivity contribution in [3.8, 4) is 0 Å². The Kier molecular flexibility index (Phi) is 6.09. The highest BCUT2D eigenvalue weighted by Crippen LogP contribution is 2.41. The highest BCUT2D eigenvalue weighted by molar-refractivity contribution is 7.99. The van der Waals surface area contributed by atoms with E-state index in [1.807, 2.05) is 6.92 Å². The zero-order chi connectivity index (χ0) is 16.8. The fourth-order valence-electron chi connectivity index (χ4n) is 2.27. The van der Waals surface area contributed by atoms with Gasteiger partial charge < -0.3 is 19.4 Å². The molecular weight excluding hydrogens is 320 g/mol. The minimum atomic E-state index is -0.716. The second-order valence-electron chi connectivity index (χ2n) is 5.10. The lowest BCUT2D eigenvalue weighted by atomic mass is 10.2. The van der Waals surface area contributed by atoms with Crippen LogP contribution in [-0.4, -0.2) is 47.6 Å². The van der Waals surface area contributed by atoms with Crippen molar-refractivity contribution >= 4 is 29.5 Å². The number of hydrogen-bond donors (Lipinski definition) is 1. The van der Waals surface area contributed by atoms with Crippen molar-refractivity contribution in [2.45, 2.75) is 31.7 Å². The van der Waals surface area contributed by atoms with E-state index in [4.69, 9.17) is 9.15 Å². The number of ether oxygens (including phenoxy) is 1. The normalized spacial score (nSPS) is 20.3. The predicted octanol–water partition coefficient (Wildman–Crippen LogP) is 1.31. The molecule has 0 saturated carbocycles. The highest BCUT2D eigenvalue weighted by Gasteiger charge is 2.43. The number of furan rings is 1. The van der Waals surface area contributed by atoms with Gasteiger partial charge in [-0.05, 0) is 18.6 Å². The molecule has 8 heteroatoms. The lowest BCUT2D eigenvalue weighted by Crippen LogP contribution is -2.43. The number of rotatable bonds is 6. The van der Waals surface area contributed by atoms with Gasteiger partial charge in [-0.15, -0.1) is 11.8 Å². The number of carbonyl (C=O) groups is 3. The van der Waals surface area contributed by atoms with Crippen LogP contribution in [0.3, 0.4) is 0 Å². The summed E-state index contributed by atoms with van der Waals surface area (Å²) in [6, 6.07) is 2.78. The minimum Gasteiger partial charge on any atom is -0.466 e. The molecule has 23 heavy (non-hydrogen) atoms. The molecule has 1 saturated heterocycles. The van der Waals surface area contributed by atoms with Gasteiger partial charge in [-0.2, -0.15) is 0 Å². The van der Waals surface area contributed by atoms with Crippen molar-refractivity contribution in [1.82, 2.24) is 10.2 Å². The molecule has 0 radical (unpaired) electrons. The Labute approximate surface area is 138 Å². The fraction of sp³-hybridized carbons (Fsp3) is 0.533. The molecule has 7 nitrogen and oxygen atoms in total. The Morgan fingerprint density at radius 2 is 2.26 bits per heavy atom. The summed E-state index contributed by atoms with van der Waals surface area (Å²) in [6.07, 6.45) is 2.33. The summed E-state index contributed by atoms with van der Waals surface area (Å²) in [4.78, 5) is 37.1. The average Bonchev–Trinajstić information content (AvgIpc) is 3.18. The van der Waals surface area contributed by atoms with Crippen LogP contribution in [-0.2, 0) is 19.1 Å². The molecule has 126 valence electrons. The molecule has 2 atom stereocenters. The minimum absolute atomic E-state index is 0.242. The first-order valence-corrected chi connectivity index (χ1v) is 8.46. The molecule has 2 rings (SSSR count). The van der Waals surface area contributed by atoms with E-state index in [2.05, 4.69) is 5.32 Å². The Bertz CT molecular complexity index is 560. The van der Waals surface area contributed by atoms with Crippen LogP contribution in [0.25, 0.3) is 0 Å². The first kappa shape index (κ1) is 17.4. The summed E-state index contributed by atoms with van der Waals surface area (Å²) in [7, 11) is 0. The first-order valence-electron chi connectivity index (χ1n) is 7.41. The quantitative estimate of drug-likeness (QED) is 0.786. The zero-order valence-corrected chi connectivity index (χ0v) is 13.9. The second kappa shape index (κ2) is 8.05. The smallest absolute Gasteiger partial charge is 0.330 e. The van der Waals surface area contributed by atoms with E-state index in [1.165, 1.54) is 29.8 Å². The Morgan fingerprint density at radius 3 is 2.87 bits per heavy atom. The van der Waals surface area contributed by atoms with E-state index >= 15 is 0 Å². The van der Waals surface area contributed by atoms with E-state index in [-0.39, 0.29) is 23.8 Å². The van der Waals surface area contributed by atoms with E-state index in [0.717, 1.165) is 6.42 Å². The van der Waals surface area contributed by atoms with Crippen LogP contribution in [0.5, 0.6) is 0 Å². The van der Waals surface area contributed by atoms with Crippen LogP contribution < -0.4 is 5.32 Å². The van der Waals surface area contributed by atoms with Crippen molar-refractivity contribution in [3.05, 3.63) is 24.2 Å². The third kappa shape index (κ3) is 4.28. The number of thioether (sulfide) groups is 1. The van der Waals surface area contributed by atoms with Gasteiger partial charge in [-0.25, -0.2) is 4.79 Å². The fourth-order valence-corrected chi connectivity index (χ4v) is 3.69. The lowest BCUT2D eigenvalue weighted by molar-refractivity contribution is -0.156. The Morgan fingerprint density at radius 1 is 1.48 bits per heavy atom. The molecule has 0 bridgehead atoms. The maximum atomic E-state index is 12.2. The molecule has 1 aliphatic heterocycles. The van der Waals surface area contributed by atoms with Crippen LogP contribution in [0.4, 0.5) is 0 Å². The number of carbonyl (C=O) groups excluding carboxylic acids is 3. The summed E-state index contributed by atoms with van der Waals surface area (Å²) in [5.74, 6) is -0.147. The van der Waals surface area contributed by atoms with Gasteiger partial charge in [0.2, 0.25) is 5.91 Å². The van der Waals surface area contributed by atoms with Gasteiger partial charge in [-0.1, -0.05) is 6.92 Å². The average molecular weight is 340 g/mol. The van der Waals surface area contributed by atoms with Crippen molar-refractivity contribution in [3.63, 3.8) is 0 Å². The number of hydrogen-bond acceptors (Lipinski definition) is 6. The van der Waals surface area contributed by atoms with Crippen molar-refractivity contribution in [2.75, 3.05) is 18.9 Å². The molecule has 0 aromatic carbocycles. The summed E-state index contributed by atoms with van der Waals surface area (Å²) in [5.41, 5.74) is 0. The van der Waals surface area contributed by atoms with Crippen LogP contribution in [0.2, 0.25) is 0 Å².